The number of hydrogen-bond acceptors (Lipinski definition) is 5. The van der Waals surface area contributed by atoms with Crippen LogP contribution in [0.2, 0.25) is 0 Å². The molecule has 1 aliphatic carbocycles. The van der Waals surface area contributed by atoms with Gasteiger partial charge in [0.2, 0.25) is 5.91 Å². The van der Waals surface area contributed by atoms with Gasteiger partial charge >= 0.3 is 11.9 Å². The van der Waals surface area contributed by atoms with Gasteiger partial charge in [0.1, 0.15) is 0 Å². The van der Waals surface area contributed by atoms with Gasteiger partial charge in [-0.15, -0.1) is 0 Å². The number of benzene rings is 1. The fourth-order valence-corrected chi connectivity index (χ4v) is 3.65. The molecule has 0 aromatic heterocycles. The minimum atomic E-state index is -0.687. The molecule has 1 amide bonds. The van der Waals surface area contributed by atoms with Gasteiger partial charge in [0, 0.05) is 18.4 Å². The van der Waals surface area contributed by atoms with Gasteiger partial charge < -0.3 is 14.4 Å². The van der Waals surface area contributed by atoms with Crippen molar-refractivity contribution < 1.29 is 23.9 Å². The number of rotatable bonds is 2. The van der Waals surface area contributed by atoms with E-state index >= 15 is 0 Å². The van der Waals surface area contributed by atoms with Crippen LogP contribution in [0.25, 0.3) is 5.57 Å². The van der Waals surface area contributed by atoms with E-state index in [0.29, 0.717) is 5.69 Å². The molecule has 0 N–H and O–H groups in total. The van der Waals surface area contributed by atoms with Crippen molar-refractivity contribution in [1.29, 1.82) is 0 Å². The van der Waals surface area contributed by atoms with E-state index in [1.165, 1.54) is 26.0 Å². The van der Waals surface area contributed by atoms with Crippen LogP contribution in [0.1, 0.15) is 19.4 Å². The molecule has 2 atom stereocenters. The highest BCUT2D eigenvalue weighted by Gasteiger charge is 2.46. The molecule has 25 heavy (non-hydrogen) atoms. The van der Waals surface area contributed by atoms with Gasteiger partial charge in [-0.3, -0.25) is 4.79 Å². The predicted molar refractivity (Wildman–Crippen MR) is 91.6 cm³/mol. The zero-order valence-electron chi connectivity index (χ0n) is 14.5. The molecular weight excluding hydrogens is 322 g/mol. The fraction of sp³-hybridized carbons (Fsp3) is 0.316. The molecule has 0 unspecified atom stereocenters. The lowest BCUT2D eigenvalue weighted by Crippen LogP contribution is -2.42. The van der Waals surface area contributed by atoms with E-state index in [1.807, 2.05) is 37.3 Å². The van der Waals surface area contributed by atoms with Crippen LogP contribution >= 0.6 is 0 Å². The number of hydrogen-bond donors (Lipinski definition) is 0. The van der Waals surface area contributed by atoms with Crippen LogP contribution in [-0.4, -0.2) is 38.1 Å². The molecular formula is C19H19NO5. The summed E-state index contributed by atoms with van der Waals surface area (Å²) in [6, 6.07) is 6.75. The Morgan fingerprint density at radius 2 is 1.60 bits per heavy atom. The Morgan fingerprint density at radius 3 is 2.20 bits per heavy atom. The minimum Gasteiger partial charge on any atom is -0.466 e. The number of nitrogens with zero attached hydrogens (tertiary/aromatic N) is 1. The Kier molecular flexibility index (Phi) is 4.20. The Hall–Kier alpha value is -2.89. The largest absolute Gasteiger partial charge is 0.466 e. The van der Waals surface area contributed by atoms with Crippen LogP contribution in [0.15, 0.2) is 41.5 Å². The SMILES string of the molecule is COC(=O)C1=C(C(=O)OC)[C@H](C)C=C2c3ccccc3N(C(C)=O)[C@@H]21. The van der Waals surface area contributed by atoms with E-state index in [4.69, 9.17) is 9.47 Å². The second-order valence-electron chi connectivity index (χ2n) is 6.03. The maximum atomic E-state index is 12.6. The molecule has 0 radical (unpaired) electrons. The molecule has 1 aromatic carbocycles. The van der Waals surface area contributed by atoms with Gasteiger partial charge in [0.05, 0.1) is 37.1 Å². The summed E-state index contributed by atoms with van der Waals surface area (Å²) in [6.45, 7) is 3.25. The van der Waals surface area contributed by atoms with Crippen molar-refractivity contribution in [3.8, 4) is 0 Å². The number of para-hydroxylation sites is 1. The highest BCUT2D eigenvalue weighted by atomic mass is 16.5. The van der Waals surface area contributed by atoms with Gasteiger partial charge in [-0.2, -0.15) is 0 Å². The summed E-state index contributed by atoms with van der Waals surface area (Å²) in [6.07, 6.45) is 1.91. The molecule has 0 saturated heterocycles. The van der Waals surface area contributed by atoms with Crippen molar-refractivity contribution in [3.63, 3.8) is 0 Å². The normalized spacial score (nSPS) is 21.3. The van der Waals surface area contributed by atoms with Crippen LogP contribution in [0, 0.1) is 5.92 Å². The molecule has 3 rings (SSSR count). The van der Waals surface area contributed by atoms with Crippen molar-refractivity contribution >= 4 is 29.1 Å². The molecule has 1 aromatic rings. The first-order valence-corrected chi connectivity index (χ1v) is 7.94. The second-order valence-corrected chi connectivity index (χ2v) is 6.03. The second kappa shape index (κ2) is 6.20. The zero-order chi connectivity index (χ0) is 18.3. The van der Waals surface area contributed by atoms with Gasteiger partial charge in [-0.25, -0.2) is 9.59 Å². The summed E-state index contributed by atoms with van der Waals surface area (Å²) in [5, 5.41) is 0. The van der Waals surface area contributed by atoms with Crippen LogP contribution in [0.3, 0.4) is 0 Å². The van der Waals surface area contributed by atoms with Crippen molar-refractivity contribution in [1.82, 2.24) is 0 Å². The Morgan fingerprint density at radius 1 is 1.00 bits per heavy atom. The molecule has 0 bridgehead atoms. The highest BCUT2D eigenvalue weighted by Crippen LogP contribution is 2.48. The third-order valence-corrected chi connectivity index (χ3v) is 4.63. The third kappa shape index (κ3) is 2.45. The summed E-state index contributed by atoms with van der Waals surface area (Å²) < 4.78 is 9.80. The third-order valence-electron chi connectivity index (χ3n) is 4.63. The van der Waals surface area contributed by atoms with Gasteiger partial charge in [0.25, 0.3) is 0 Å². The first-order valence-electron chi connectivity index (χ1n) is 7.94. The van der Waals surface area contributed by atoms with E-state index in [9.17, 15) is 14.4 Å². The van der Waals surface area contributed by atoms with Gasteiger partial charge in [-0.1, -0.05) is 31.2 Å². The van der Waals surface area contributed by atoms with E-state index < -0.39 is 18.0 Å². The number of methoxy groups -OCH3 is 2. The number of anilines is 1. The van der Waals surface area contributed by atoms with E-state index in [-0.39, 0.29) is 23.0 Å². The topological polar surface area (TPSA) is 72.9 Å². The van der Waals surface area contributed by atoms with Crippen molar-refractivity contribution in [2.24, 2.45) is 5.92 Å². The minimum absolute atomic E-state index is 0.158. The van der Waals surface area contributed by atoms with Crippen molar-refractivity contribution in [3.05, 3.63) is 47.1 Å². The summed E-state index contributed by atoms with van der Waals surface area (Å²) in [5.41, 5.74) is 2.80. The molecule has 1 heterocycles. The molecule has 0 spiro atoms. The van der Waals surface area contributed by atoms with Crippen LogP contribution < -0.4 is 4.90 Å². The Labute approximate surface area is 145 Å². The molecule has 6 nitrogen and oxygen atoms in total. The first kappa shape index (κ1) is 17.0. The van der Waals surface area contributed by atoms with E-state index in [0.717, 1.165) is 11.1 Å². The van der Waals surface area contributed by atoms with Crippen molar-refractivity contribution in [2.75, 3.05) is 19.1 Å². The first-order chi connectivity index (χ1) is 11.9. The van der Waals surface area contributed by atoms with Crippen molar-refractivity contribution in [2.45, 2.75) is 19.9 Å². The number of esters is 2. The zero-order valence-corrected chi connectivity index (χ0v) is 14.5. The Balaban J connectivity index is 2.30. The molecule has 6 heteroatoms. The summed E-state index contributed by atoms with van der Waals surface area (Å²) in [7, 11) is 2.52. The quantitative estimate of drug-likeness (QED) is 0.770. The number of carbonyl (C=O) groups is 3. The molecule has 1 aliphatic heterocycles. The summed E-state index contributed by atoms with van der Waals surface area (Å²) in [5.74, 6) is -1.79. The lowest BCUT2D eigenvalue weighted by Gasteiger charge is -2.31. The summed E-state index contributed by atoms with van der Waals surface area (Å²) in [4.78, 5) is 38.8. The molecule has 130 valence electrons. The number of allylic oxidation sites excluding steroid dienone is 1. The number of ether oxygens (including phenoxy) is 2. The monoisotopic (exact) mass is 341 g/mol. The standard InChI is InChI=1S/C19H19NO5/c1-10-9-13-12-7-5-6-8-14(12)20(11(2)21)17(13)16(19(23)25-4)15(10)18(22)24-3/h5-10,17H,1-4H3/t10-,17+/m1/s1. The van der Waals surface area contributed by atoms with Crippen LogP contribution in [0.4, 0.5) is 5.69 Å². The summed E-state index contributed by atoms with van der Waals surface area (Å²) >= 11 is 0. The van der Waals surface area contributed by atoms with Crippen LogP contribution in [-0.2, 0) is 23.9 Å². The van der Waals surface area contributed by atoms with Crippen LogP contribution in [0.5, 0.6) is 0 Å². The lowest BCUT2D eigenvalue weighted by molar-refractivity contribution is -0.140. The maximum Gasteiger partial charge on any atom is 0.336 e. The number of fused-ring (bicyclic) bond motifs is 3. The lowest BCUT2D eigenvalue weighted by atomic mass is 9.80. The average molecular weight is 341 g/mol. The van der Waals surface area contributed by atoms with E-state index in [1.54, 1.807) is 0 Å². The Bertz CT molecular complexity index is 836. The average Bonchev–Trinajstić information content (AvgIpc) is 2.93. The fourth-order valence-electron chi connectivity index (χ4n) is 3.65. The molecule has 0 saturated carbocycles. The highest BCUT2D eigenvalue weighted by molar-refractivity contribution is 6.13. The molecule has 0 fully saturated rings. The smallest absolute Gasteiger partial charge is 0.336 e. The number of amides is 1. The van der Waals surface area contributed by atoms with Gasteiger partial charge in [0.15, 0.2) is 0 Å². The predicted octanol–water partition coefficient (Wildman–Crippen LogP) is 2.10. The maximum absolute atomic E-state index is 12.6. The molecule has 2 aliphatic rings. The van der Waals surface area contributed by atoms with Gasteiger partial charge in [-0.05, 0) is 11.6 Å². The number of carbonyl (C=O) groups excluding carboxylic acids is 3. The van der Waals surface area contributed by atoms with E-state index in [2.05, 4.69) is 0 Å².